The van der Waals surface area contributed by atoms with Crippen molar-refractivity contribution in [2.24, 2.45) is 5.92 Å². The second-order valence-electron chi connectivity index (χ2n) is 2.04. The number of hydrogen-bond donors (Lipinski definition) is 2. The predicted octanol–water partition coefficient (Wildman–Crippen LogP) is 0.433. The van der Waals surface area contributed by atoms with Crippen LogP contribution in [-0.4, -0.2) is 34.3 Å². The van der Waals surface area contributed by atoms with Gasteiger partial charge in [-0.2, -0.15) is 11.8 Å². The number of aliphatic hydroxyl groups excluding tert-OH is 1. The van der Waals surface area contributed by atoms with Crippen LogP contribution in [0.5, 0.6) is 0 Å². The zero-order valence-electron chi connectivity index (χ0n) is 5.91. The van der Waals surface area contributed by atoms with E-state index < -0.39 is 5.97 Å². The summed E-state index contributed by atoms with van der Waals surface area (Å²) in [6.07, 6.45) is 0. The van der Waals surface area contributed by atoms with Gasteiger partial charge in [-0.1, -0.05) is 6.92 Å². The Balaban J connectivity index is 3.21. The number of carboxylic acids is 1. The highest BCUT2D eigenvalue weighted by Gasteiger charge is 2.09. The van der Waals surface area contributed by atoms with Gasteiger partial charge in [0.25, 0.3) is 0 Å². The van der Waals surface area contributed by atoms with Crippen molar-refractivity contribution in [1.29, 1.82) is 0 Å². The smallest absolute Gasteiger partial charge is 0.307 e. The Morgan fingerprint density at radius 2 is 2.30 bits per heavy atom. The third-order valence-corrected chi connectivity index (χ3v) is 2.23. The summed E-state index contributed by atoms with van der Waals surface area (Å²) in [6.45, 7) is 1.78. The Labute approximate surface area is 64.4 Å². The number of aliphatic carboxylic acids is 1. The monoisotopic (exact) mass is 164 g/mol. The number of rotatable bonds is 5. The molecule has 60 valence electrons. The summed E-state index contributed by atoms with van der Waals surface area (Å²) in [7, 11) is 0. The molecule has 0 aromatic rings. The molecule has 1 atom stereocenters. The second-order valence-corrected chi connectivity index (χ2v) is 3.19. The van der Waals surface area contributed by atoms with E-state index in [2.05, 4.69) is 0 Å². The minimum Gasteiger partial charge on any atom is -0.481 e. The van der Waals surface area contributed by atoms with Crippen molar-refractivity contribution in [3.8, 4) is 0 Å². The average molecular weight is 164 g/mol. The average Bonchev–Trinajstić information content (AvgIpc) is 1.88. The highest BCUT2D eigenvalue weighted by molar-refractivity contribution is 7.99. The summed E-state index contributed by atoms with van der Waals surface area (Å²) >= 11 is 1.46. The molecule has 0 amide bonds. The SMILES string of the molecule is CC(CSCCO)C(=O)O. The fourth-order valence-corrected chi connectivity index (χ4v) is 1.19. The molecular formula is C6H12O3S. The maximum Gasteiger partial charge on any atom is 0.307 e. The maximum atomic E-state index is 10.2. The number of carbonyl (C=O) groups is 1. The summed E-state index contributed by atoms with van der Waals surface area (Å²) in [5.74, 6) is 0.120. The summed E-state index contributed by atoms with van der Waals surface area (Å²) in [5.41, 5.74) is 0. The predicted molar refractivity (Wildman–Crippen MR) is 41.2 cm³/mol. The van der Waals surface area contributed by atoms with E-state index >= 15 is 0 Å². The third-order valence-electron chi connectivity index (χ3n) is 1.03. The first-order valence-electron chi connectivity index (χ1n) is 3.10. The number of thioether (sulfide) groups is 1. The lowest BCUT2D eigenvalue weighted by molar-refractivity contribution is -0.140. The molecule has 0 heterocycles. The first-order chi connectivity index (χ1) is 4.68. The van der Waals surface area contributed by atoms with Crippen LogP contribution in [0.25, 0.3) is 0 Å². The Bertz CT molecular complexity index is 105. The molecule has 3 nitrogen and oxygen atoms in total. The van der Waals surface area contributed by atoms with E-state index in [4.69, 9.17) is 10.2 Å². The summed E-state index contributed by atoms with van der Waals surface area (Å²) in [4.78, 5) is 10.2. The van der Waals surface area contributed by atoms with E-state index in [1.165, 1.54) is 11.8 Å². The van der Waals surface area contributed by atoms with Crippen LogP contribution in [-0.2, 0) is 4.79 Å². The van der Waals surface area contributed by atoms with E-state index in [-0.39, 0.29) is 12.5 Å². The molecule has 1 unspecified atom stereocenters. The Morgan fingerprint density at radius 3 is 2.70 bits per heavy atom. The Kier molecular flexibility index (Phi) is 5.43. The van der Waals surface area contributed by atoms with Crippen LogP contribution in [0.1, 0.15) is 6.92 Å². The highest BCUT2D eigenvalue weighted by Crippen LogP contribution is 2.06. The first-order valence-corrected chi connectivity index (χ1v) is 4.25. The Hall–Kier alpha value is -0.220. The number of aliphatic hydroxyl groups is 1. The van der Waals surface area contributed by atoms with E-state index in [9.17, 15) is 4.79 Å². The Morgan fingerprint density at radius 1 is 1.70 bits per heavy atom. The molecule has 2 N–H and O–H groups in total. The van der Waals surface area contributed by atoms with E-state index in [1.807, 2.05) is 0 Å². The molecule has 0 spiro atoms. The van der Waals surface area contributed by atoms with Gasteiger partial charge in [0.1, 0.15) is 0 Å². The van der Waals surface area contributed by atoms with Crippen LogP contribution in [0.3, 0.4) is 0 Å². The van der Waals surface area contributed by atoms with Crippen molar-refractivity contribution in [2.45, 2.75) is 6.92 Å². The van der Waals surface area contributed by atoms with Gasteiger partial charge in [0.2, 0.25) is 0 Å². The molecule has 0 aliphatic rings. The third kappa shape index (κ3) is 4.64. The summed E-state index contributed by atoms with van der Waals surface area (Å²) in [6, 6.07) is 0. The first kappa shape index (κ1) is 9.78. The quantitative estimate of drug-likeness (QED) is 0.579. The van der Waals surface area contributed by atoms with Crippen molar-refractivity contribution in [3.05, 3.63) is 0 Å². The van der Waals surface area contributed by atoms with Gasteiger partial charge in [-0.25, -0.2) is 0 Å². The van der Waals surface area contributed by atoms with Crippen LogP contribution < -0.4 is 0 Å². The van der Waals surface area contributed by atoms with Gasteiger partial charge in [-0.15, -0.1) is 0 Å². The fourth-order valence-electron chi connectivity index (χ4n) is 0.396. The molecule has 0 rings (SSSR count). The molecule has 0 saturated heterocycles. The van der Waals surface area contributed by atoms with Crippen molar-refractivity contribution >= 4 is 17.7 Å². The van der Waals surface area contributed by atoms with Gasteiger partial charge in [-0.05, 0) is 0 Å². The van der Waals surface area contributed by atoms with E-state index in [1.54, 1.807) is 6.92 Å². The van der Waals surface area contributed by atoms with Gasteiger partial charge < -0.3 is 10.2 Å². The lowest BCUT2D eigenvalue weighted by atomic mass is 10.2. The standard InChI is InChI=1S/C6H12O3S/c1-5(6(8)9)4-10-3-2-7/h5,7H,2-4H2,1H3,(H,8,9). The molecular weight excluding hydrogens is 152 g/mol. The molecule has 0 bridgehead atoms. The fraction of sp³-hybridized carbons (Fsp3) is 0.833. The molecule has 0 aliphatic heterocycles. The van der Waals surface area contributed by atoms with Crippen molar-refractivity contribution < 1.29 is 15.0 Å². The molecule has 4 heteroatoms. The van der Waals surface area contributed by atoms with Crippen LogP contribution in [0, 0.1) is 5.92 Å². The molecule has 0 aromatic carbocycles. The van der Waals surface area contributed by atoms with Crippen LogP contribution >= 0.6 is 11.8 Å². The topological polar surface area (TPSA) is 57.5 Å². The molecule has 0 aromatic heterocycles. The number of hydrogen-bond acceptors (Lipinski definition) is 3. The minimum atomic E-state index is -0.773. The van der Waals surface area contributed by atoms with Gasteiger partial charge in [0.05, 0.1) is 12.5 Å². The van der Waals surface area contributed by atoms with Gasteiger partial charge in [-0.3, -0.25) is 4.79 Å². The summed E-state index contributed by atoms with van der Waals surface area (Å²) in [5, 5.41) is 16.8. The number of carboxylic acid groups (broad SMARTS) is 1. The van der Waals surface area contributed by atoms with Gasteiger partial charge >= 0.3 is 5.97 Å². The normalized spacial score (nSPS) is 13.0. The molecule has 10 heavy (non-hydrogen) atoms. The largest absolute Gasteiger partial charge is 0.481 e. The molecule has 0 aliphatic carbocycles. The highest BCUT2D eigenvalue weighted by atomic mass is 32.2. The lowest BCUT2D eigenvalue weighted by Gasteiger charge is -2.03. The molecule has 0 saturated carbocycles. The summed E-state index contributed by atoms with van der Waals surface area (Å²) < 4.78 is 0. The second kappa shape index (κ2) is 5.56. The van der Waals surface area contributed by atoms with Crippen molar-refractivity contribution in [3.63, 3.8) is 0 Å². The van der Waals surface area contributed by atoms with Crippen molar-refractivity contribution in [2.75, 3.05) is 18.1 Å². The van der Waals surface area contributed by atoms with Crippen LogP contribution in [0.4, 0.5) is 0 Å². The van der Waals surface area contributed by atoms with Crippen LogP contribution in [0.15, 0.2) is 0 Å². The zero-order chi connectivity index (χ0) is 7.98. The van der Waals surface area contributed by atoms with Crippen LogP contribution in [0.2, 0.25) is 0 Å². The van der Waals surface area contributed by atoms with E-state index in [0.717, 1.165) is 0 Å². The minimum absolute atomic E-state index is 0.122. The van der Waals surface area contributed by atoms with Crippen molar-refractivity contribution in [1.82, 2.24) is 0 Å². The van der Waals surface area contributed by atoms with Gasteiger partial charge in [0, 0.05) is 11.5 Å². The van der Waals surface area contributed by atoms with Gasteiger partial charge in [0.15, 0.2) is 0 Å². The maximum absolute atomic E-state index is 10.2. The van der Waals surface area contributed by atoms with E-state index in [0.29, 0.717) is 11.5 Å². The lowest BCUT2D eigenvalue weighted by Crippen LogP contribution is -2.12. The molecule has 0 fully saturated rings. The zero-order valence-corrected chi connectivity index (χ0v) is 6.73. The molecule has 0 radical (unpaired) electrons.